The monoisotopic (exact) mass is 252 g/mol. The molecule has 0 amide bonds. The van der Waals surface area contributed by atoms with Gasteiger partial charge in [-0.1, -0.05) is 19.9 Å². The first-order valence-corrected chi connectivity index (χ1v) is 7.66. The second-order valence-corrected chi connectivity index (χ2v) is 5.99. The maximum atomic E-state index is 3.60. The predicted molar refractivity (Wildman–Crippen MR) is 75.6 cm³/mol. The van der Waals surface area contributed by atoms with Crippen LogP contribution in [0.15, 0.2) is 17.5 Å². The zero-order valence-corrected chi connectivity index (χ0v) is 12.0. The molecule has 1 aromatic rings. The number of piperazine rings is 1. The van der Waals surface area contributed by atoms with Crippen molar-refractivity contribution in [3.8, 4) is 0 Å². The molecule has 2 rings (SSSR count). The molecule has 3 atom stereocenters. The lowest BCUT2D eigenvalue weighted by atomic mass is 10.0. The molecule has 1 N–H and O–H groups in total. The maximum Gasteiger partial charge on any atom is 0.0443 e. The molecule has 17 heavy (non-hydrogen) atoms. The molecular weight excluding hydrogens is 228 g/mol. The van der Waals surface area contributed by atoms with Crippen LogP contribution in [0.4, 0.5) is 0 Å². The van der Waals surface area contributed by atoms with Crippen molar-refractivity contribution in [2.45, 2.75) is 51.7 Å². The van der Waals surface area contributed by atoms with Gasteiger partial charge < -0.3 is 5.32 Å². The van der Waals surface area contributed by atoms with E-state index in [1.54, 1.807) is 0 Å². The molecule has 0 radical (unpaired) electrons. The summed E-state index contributed by atoms with van der Waals surface area (Å²) in [6.45, 7) is 9.22. The second kappa shape index (κ2) is 5.98. The fraction of sp³-hybridized carbons (Fsp3) is 0.714. The molecule has 0 saturated carbocycles. The lowest BCUT2D eigenvalue weighted by Crippen LogP contribution is -2.56. The zero-order valence-electron chi connectivity index (χ0n) is 11.1. The fourth-order valence-corrected chi connectivity index (χ4v) is 3.76. The van der Waals surface area contributed by atoms with Crippen LogP contribution in [0.25, 0.3) is 0 Å². The average molecular weight is 252 g/mol. The van der Waals surface area contributed by atoms with Crippen LogP contribution in [-0.4, -0.2) is 30.1 Å². The maximum absolute atomic E-state index is 3.60. The molecule has 1 saturated heterocycles. The molecule has 1 aliphatic heterocycles. The SMILES string of the molecule is CCC1CNC(C)CN1C(CC)c1cccs1. The summed E-state index contributed by atoms with van der Waals surface area (Å²) in [5.74, 6) is 0. The van der Waals surface area contributed by atoms with Gasteiger partial charge in [0.25, 0.3) is 0 Å². The van der Waals surface area contributed by atoms with Crippen LogP contribution in [-0.2, 0) is 0 Å². The highest BCUT2D eigenvalue weighted by atomic mass is 32.1. The van der Waals surface area contributed by atoms with Crippen molar-refractivity contribution in [3.63, 3.8) is 0 Å². The first-order chi connectivity index (χ1) is 8.26. The van der Waals surface area contributed by atoms with Crippen molar-refractivity contribution in [2.24, 2.45) is 0 Å². The average Bonchev–Trinajstić information content (AvgIpc) is 2.84. The molecule has 0 aliphatic carbocycles. The van der Waals surface area contributed by atoms with Crippen molar-refractivity contribution >= 4 is 11.3 Å². The van der Waals surface area contributed by atoms with Crippen LogP contribution in [0.5, 0.6) is 0 Å². The Hall–Kier alpha value is -0.380. The minimum atomic E-state index is 0.615. The molecular formula is C14H24N2S. The van der Waals surface area contributed by atoms with E-state index in [2.05, 4.69) is 48.5 Å². The Balaban J connectivity index is 2.16. The minimum absolute atomic E-state index is 0.615. The van der Waals surface area contributed by atoms with Gasteiger partial charge in [-0.3, -0.25) is 4.90 Å². The third kappa shape index (κ3) is 2.90. The van der Waals surface area contributed by atoms with E-state index in [0.29, 0.717) is 18.1 Å². The zero-order chi connectivity index (χ0) is 12.3. The lowest BCUT2D eigenvalue weighted by Gasteiger charge is -2.43. The van der Waals surface area contributed by atoms with Gasteiger partial charge in [0.05, 0.1) is 0 Å². The molecule has 1 aromatic heterocycles. The molecule has 1 aliphatic rings. The van der Waals surface area contributed by atoms with Crippen molar-refractivity contribution in [2.75, 3.05) is 13.1 Å². The number of thiophene rings is 1. The summed E-state index contributed by atoms with van der Waals surface area (Å²) < 4.78 is 0. The number of nitrogens with one attached hydrogen (secondary N) is 1. The number of nitrogens with zero attached hydrogens (tertiary/aromatic N) is 1. The molecule has 96 valence electrons. The van der Waals surface area contributed by atoms with E-state index in [1.807, 2.05) is 11.3 Å². The van der Waals surface area contributed by atoms with Gasteiger partial charge in [0, 0.05) is 36.1 Å². The van der Waals surface area contributed by atoms with Gasteiger partial charge in [-0.05, 0) is 31.2 Å². The third-order valence-corrected chi connectivity index (χ3v) is 4.76. The quantitative estimate of drug-likeness (QED) is 0.885. The molecule has 0 aromatic carbocycles. The Bertz CT molecular complexity index is 323. The fourth-order valence-electron chi connectivity index (χ4n) is 2.82. The lowest BCUT2D eigenvalue weighted by molar-refractivity contribution is 0.0815. The number of rotatable bonds is 4. The molecule has 1 fully saturated rings. The van der Waals surface area contributed by atoms with E-state index >= 15 is 0 Å². The van der Waals surface area contributed by atoms with Crippen molar-refractivity contribution in [1.29, 1.82) is 0 Å². The molecule has 0 bridgehead atoms. The van der Waals surface area contributed by atoms with E-state index in [9.17, 15) is 0 Å². The predicted octanol–water partition coefficient (Wildman–Crippen LogP) is 3.27. The Morgan fingerprint density at radius 3 is 2.94 bits per heavy atom. The first kappa shape index (κ1) is 13.1. The molecule has 2 heterocycles. The minimum Gasteiger partial charge on any atom is -0.311 e. The van der Waals surface area contributed by atoms with E-state index in [4.69, 9.17) is 0 Å². The van der Waals surface area contributed by atoms with Gasteiger partial charge in [-0.2, -0.15) is 0 Å². The summed E-state index contributed by atoms with van der Waals surface area (Å²) in [6, 6.07) is 6.39. The molecule has 2 nitrogen and oxygen atoms in total. The largest absolute Gasteiger partial charge is 0.311 e. The molecule has 0 spiro atoms. The number of hydrogen-bond acceptors (Lipinski definition) is 3. The van der Waals surface area contributed by atoms with Crippen LogP contribution in [0.3, 0.4) is 0 Å². The van der Waals surface area contributed by atoms with Crippen LogP contribution in [0, 0.1) is 0 Å². The standard InChI is InChI=1S/C14H24N2S/c1-4-12-9-15-11(3)10-16(12)13(5-2)14-7-6-8-17-14/h6-8,11-13,15H,4-5,9-10H2,1-3H3. The van der Waals surface area contributed by atoms with Gasteiger partial charge in [-0.15, -0.1) is 11.3 Å². The van der Waals surface area contributed by atoms with Crippen molar-refractivity contribution < 1.29 is 0 Å². The summed E-state index contributed by atoms with van der Waals surface area (Å²) in [5.41, 5.74) is 0. The third-order valence-electron chi connectivity index (χ3n) is 3.79. The highest BCUT2D eigenvalue weighted by Gasteiger charge is 2.30. The van der Waals surface area contributed by atoms with Crippen molar-refractivity contribution in [3.05, 3.63) is 22.4 Å². The summed E-state index contributed by atoms with van der Waals surface area (Å²) in [6.07, 6.45) is 2.45. The van der Waals surface area contributed by atoms with Gasteiger partial charge in [-0.25, -0.2) is 0 Å². The van der Waals surface area contributed by atoms with E-state index in [1.165, 1.54) is 24.3 Å². The van der Waals surface area contributed by atoms with E-state index in [-0.39, 0.29) is 0 Å². The summed E-state index contributed by atoms with van der Waals surface area (Å²) in [7, 11) is 0. The van der Waals surface area contributed by atoms with Crippen molar-refractivity contribution in [1.82, 2.24) is 10.2 Å². The number of hydrogen-bond donors (Lipinski definition) is 1. The van der Waals surface area contributed by atoms with E-state index < -0.39 is 0 Å². The highest BCUT2D eigenvalue weighted by Crippen LogP contribution is 2.31. The van der Waals surface area contributed by atoms with Crippen LogP contribution < -0.4 is 5.32 Å². The Morgan fingerprint density at radius 2 is 2.35 bits per heavy atom. The van der Waals surface area contributed by atoms with Crippen LogP contribution in [0.1, 0.15) is 44.5 Å². The second-order valence-electron chi connectivity index (χ2n) is 5.01. The highest BCUT2D eigenvalue weighted by molar-refractivity contribution is 7.10. The van der Waals surface area contributed by atoms with Gasteiger partial charge >= 0.3 is 0 Å². The van der Waals surface area contributed by atoms with Gasteiger partial charge in [0.1, 0.15) is 0 Å². The van der Waals surface area contributed by atoms with Gasteiger partial charge in [0.2, 0.25) is 0 Å². The topological polar surface area (TPSA) is 15.3 Å². The first-order valence-electron chi connectivity index (χ1n) is 6.78. The smallest absolute Gasteiger partial charge is 0.0443 e. The Labute approximate surface area is 109 Å². The van der Waals surface area contributed by atoms with Gasteiger partial charge in [0.15, 0.2) is 0 Å². The summed E-state index contributed by atoms with van der Waals surface area (Å²) in [4.78, 5) is 4.24. The summed E-state index contributed by atoms with van der Waals surface area (Å²) >= 11 is 1.90. The molecule has 3 heteroatoms. The Kier molecular flexibility index (Phi) is 4.60. The summed E-state index contributed by atoms with van der Waals surface area (Å²) in [5, 5.41) is 5.80. The van der Waals surface area contributed by atoms with E-state index in [0.717, 1.165) is 6.54 Å². The van der Waals surface area contributed by atoms with Crippen LogP contribution in [0.2, 0.25) is 0 Å². The molecule has 3 unspecified atom stereocenters. The Morgan fingerprint density at radius 1 is 1.53 bits per heavy atom. The van der Waals surface area contributed by atoms with Crippen LogP contribution >= 0.6 is 11.3 Å². The normalized spacial score (nSPS) is 28.2.